The number of rotatable bonds is 9. The molecule has 0 aliphatic carbocycles. The van der Waals surface area contributed by atoms with Crippen molar-refractivity contribution in [3.8, 4) is 0 Å². The second-order valence-electron chi connectivity index (χ2n) is 6.56. The van der Waals surface area contributed by atoms with Crippen LogP contribution in [-0.4, -0.2) is 61.4 Å². The van der Waals surface area contributed by atoms with Crippen molar-refractivity contribution in [3.63, 3.8) is 0 Å². The van der Waals surface area contributed by atoms with Crippen LogP contribution in [0.25, 0.3) is 0 Å². The van der Waals surface area contributed by atoms with Gasteiger partial charge in [0, 0.05) is 6.54 Å². The highest BCUT2D eigenvalue weighted by atomic mass is 19.4. The van der Waals surface area contributed by atoms with Crippen LogP contribution < -0.4 is 0 Å². The lowest BCUT2D eigenvalue weighted by Crippen LogP contribution is -2.63. The average Bonchev–Trinajstić information content (AvgIpc) is 2.51. The molecule has 0 saturated carbocycles. The molecule has 150 valence electrons. The Labute approximate surface area is 141 Å². The van der Waals surface area contributed by atoms with Crippen LogP contribution in [0.5, 0.6) is 0 Å². The highest BCUT2D eigenvalue weighted by Gasteiger charge is 2.77. The van der Waals surface area contributed by atoms with Gasteiger partial charge in [-0.1, -0.05) is 20.3 Å². The van der Waals surface area contributed by atoms with E-state index in [0.717, 1.165) is 33.1 Å². The lowest BCUT2D eigenvalue weighted by atomic mass is 9.92. The first-order valence-corrected chi connectivity index (χ1v) is 8.11. The van der Waals surface area contributed by atoms with Crippen molar-refractivity contribution in [1.29, 1.82) is 0 Å². The molecule has 1 saturated heterocycles. The Morgan fingerprint density at radius 2 is 1.40 bits per heavy atom. The van der Waals surface area contributed by atoms with Gasteiger partial charge in [0.1, 0.15) is 6.10 Å². The molecule has 10 heteroatoms. The Bertz CT molecular complexity index is 410. The fraction of sp³-hybridized carbons (Fsp3) is 1.00. The van der Waals surface area contributed by atoms with Crippen LogP contribution in [0.4, 0.5) is 35.1 Å². The van der Waals surface area contributed by atoms with Crippen LogP contribution in [-0.2, 0) is 4.74 Å². The summed E-state index contributed by atoms with van der Waals surface area (Å²) in [4.78, 5) is 1.88. The van der Waals surface area contributed by atoms with Gasteiger partial charge >= 0.3 is 24.2 Å². The van der Waals surface area contributed by atoms with E-state index in [-0.39, 0.29) is 13.2 Å². The topological polar surface area (TPSA) is 12.5 Å². The molecule has 0 N–H and O–H groups in total. The summed E-state index contributed by atoms with van der Waals surface area (Å²) in [5, 5.41) is 0. The van der Waals surface area contributed by atoms with Crippen molar-refractivity contribution >= 4 is 0 Å². The molecule has 1 unspecified atom stereocenters. The maximum atomic E-state index is 14.0. The minimum atomic E-state index is -6.24. The molecule has 1 heterocycles. The molecule has 0 radical (unpaired) electrons. The molecule has 1 atom stereocenters. The first kappa shape index (κ1) is 22.4. The summed E-state index contributed by atoms with van der Waals surface area (Å²) < 4.78 is 110. The van der Waals surface area contributed by atoms with Gasteiger partial charge in [0.2, 0.25) is 0 Å². The summed E-state index contributed by atoms with van der Waals surface area (Å²) in [6.45, 7) is 3.36. The molecule has 0 aromatic heterocycles. The minimum absolute atomic E-state index is 0.177. The van der Waals surface area contributed by atoms with E-state index in [1.807, 2.05) is 4.90 Å². The number of hydrogen-bond acceptors (Lipinski definition) is 2. The predicted molar refractivity (Wildman–Crippen MR) is 75.7 cm³/mol. The Kier molecular flexibility index (Phi) is 7.50. The van der Waals surface area contributed by atoms with Crippen molar-refractivity contribution in [1.82, 2.24) is 4.90 Å². The summed E-state index contributed by atoms with van der Waals surface area (Å²) in [6.07, 6.45) is -4.70. The van der Waals surface area contributed by atoms with Crippen LogP contribution in [0.15, 0.2) is 0 Å². The van der Waals surface area contributed by atoms with Crippen LogP contribution in [0.2, 0.25) is 0 Å². The number of ether oxygens (including phenoxy) is 1. The largest absolute Gasteiger partial charge is 0.380 e. The van der Waals surface area contributed by atoms with Crippen molar-refractivity contribution in [2.45, 2.75) is 63.4 Å². The first-order chi connectivity index (χ1) is 11.4. The van der Waals surface area contributed by atoms with Gasteiger partial charge in [-0.2, -0.15) is 26.3 Å². The van der Waals surface area contributed by atoms with E-state index in [0.29, 0.717) is 13.1 Å². The predicted octanol–water partition coefficient (Wildman–Crippen LogP) is 4.68. The van der Waals surface area contributed by atoms with Gasteiger partial charge in [0.15, 0.2) is 0 Å². The van der Waals surface area contributed by atoms with Crippen LogP contribution >= 0.6 is 0 Å². The Morgan fingerprint density at radius 1 is 0.880 bits per heavy atom. The van der Waals surface area contributed by atoms with Crippen molar-refractivity contribution in [2.75, 3.05) is 26.2 Å². The zero-order valence-electron chi connectivity index (χ0n) is 14.1. The van der Waals surface area contributed by atoms with E-state index in [1.165, 1.54) is 0 Å². The maximum absolute atomic E-state index is 14.0. The summed E-state index contributed by atoms with van der Waals surface area (Å²) >= 11 is 0. The summed E-state index contributed by atoms with van der Waals surface area (Å²) in [7, 11) is 0. The molecule has 1 rings (SSSR count). The fourth-order valence-corrected chi connectivity index (χ4v) is 2.75. The zero-order chi connectivity index (χ0) is 19.5. The van der Waals surface area contributed by atoms with Gasteiger partial charge < -0.3 is 9.64 Å². The van der Waals surface area contributed by atoms with Gasteiger partial charge in [0.05, 0.1) is 6.61 Å². The number of nitrogens with zero attached hydrogens (tertiary/aromatic N) is 1. The van der Waals surface area contributed by atoms with Crippen molar-refractivity contribution < 1.29 is 39.9 Å². The number of likely N-dealkylation sites (tertiary alicyclic amines) is 1. The number of piperidine rings is 1. The summed E-state index contributed by atoms with van der Waals surface area (Å²) in [5.41, 5.74) is 0. The van der Waals surface area contributed by atoms with E-state index in [4.69, 9.17) is 4.74 Å². The highest BCUT2D eigenvalue weighted by molar-refractivity contribution is 5.02. The third-order valence-corrected chi connectivity index (χ3v) is 4.23. The number of alkyl halides is 8. The third kappa shape index (κ3) is 4.75. The van der Waals surface area contributed by atoms with Crippen molar-refractivity contribution in [2.24, 2.45) is 5.92 Å². The van der Waals surface area contributed by atoms with Crippen LogP contribution in [0.1, 0.15) is 33.1 Å². The van der Waals surface area contributed by atoms with E-state index >= 15 is 0 Å². The SMILES string of the molecule is CC(C)C(OCCN1CCCCC1)C(F)(F)C(F)(F)C(F)(F)C(F)F. The molecule has 0 aromatic rings. The molecule has 25 heavy (non-hydrogen) atoms. The second-order valence-corrected chi connectivity index (χ2v) is 6.56. The smallest absolute Gasteiger partial charge is 0.370 e. The van der Waals surface area contributed by atoms with Gasteiger partial charge in [0.25, 0.3) is 0 Å². The summed E-state index contributed by atoms with van der Waals surface area (Å²) in [6, 6.07) is 0. The first-order valence-electron chi connectivity index (χ1n) is 8.11. The molecule has 0 bridgehead atoms. The lowest BCUT2D eigenvalue weighted by molar-refractivity contribution is -0.362. The normalized spacial score (nSPS) is 19.7. The standard InChI is InChI=1S/C15H23F8NO/c1-10(2)11(25-9-8-24-6-4-3-5-7-24)13(18,19)15(22,23)14(20,21)12(16)17/h10-12H,3-9H2,1-2H3. The van der Waals surface area contributed by atoms with Gasteiger partial charge in [-0.3, -0.25) is 0 Å². The minimum Gasteiger partial charge on any atom is -0.370 e. The van der Waals surface area contributed by atoms with E-state index < -0.39 is 36.2 Å². The van der Waals surface area contributed by atoms with Gasteiger partial charge in [-0.25, -0.2) is 8.78 Å². The Morgan fingerprint density at radius 3 is 1.84 bits per heavy atom. The van der Waals surface area contributed by atoms with Crippen LogP contribution in [0.3, 0.4) is 0 Å². The Balaban J connectivity index is 2.83. The molecule has 0 amide bonds. The summed E-state index contributed by atoms with van der Waals surface area (Å²) in [5.74, 6) is -19.1. The lowest BCUT2D eigenvalue weighted by Gasteiger charge is -2.38. The molecule has 0 aromatic carbocycles. The molecular weight excluding hydrogens is 362 g/mol. The molecular formula is C15H23F8NO. The Hall–Kier alpha value is -0.640. The molecule has 0 spiro atoms. The highest BCUT2D eigenvalue weighted by Crippen LogP contribution is 2.51. The molecule has 2 nitrogen and oxygen atoms in total. The fourth-order valence-electron chi connectivity index (χ4n) is 2.75. The second kappa shape index (κ2) is 8.37. The van der Waals surface area contributed by atoms with Gasteiger partial charge in [-0.05, 0) is 31.8 Å². The molecule has 1 fully saturated rings. The van der Waals surface area contributed by atoms with Gasteiger partial charge in [-0.15, -0.1) is 0 Å². The van der Waals surface area contributed by atoms with E-state index in [9.17, 15) is 35.1 Å². The molecule has 1 aliphatic heterocycles. The van der Waals surface area contributed by atoms with Crippen LogP contribution in [0, 0.1) is 5.92 Å². The molecule has 1 aliphatic rings. The maximum Gasteiger partial charge on any atom is 0.380 e. The van der Waals surface area contributed by atoms with Crippen molar-refractivity contribution in [3.05, 3.63) is 0 Å². The monoisotopic (exact) mass is 385 g/mol. The zero-order valence-corrected chi connectivity index (χ0v) is 14.1. The quantitative estimate of drug-likeness (QED) is 0.534. The number of halogens is 8. The third-order valence-electron chi connectivity index (χ3n) is 4.23. The number of hydrogen-bond donors (Lipinski definition) is 0. The van der Waals surface area contributed by atoms with E-state index in [1.54, 1.807) is 0 Å². The average molecular weight is 385 g/mol. The van der Waals surface area contributed by atoms with E-state index in [2.05, 4.69) is 0 Å².